The lowest BCUT2D eigenvalue weighted by atomic mass is 9.65. The maximum Gasteiger partial charge on any atom is 0.416 e. The lowest BCUT2D eigenvalue weighted by Gasteiger charge is -2.46. The second kappa shape index (κ2) is 16.4. The Morgan fingerprint density at radius 3 is 2.60 bits per heavy atom. The van der Waals surface area contributed by atoms with E-state index in [-0.39, 0.29) is 63.9 Å². The second-order valence-electron chi connectivity index (χ2n) is 16.0. The Labute approximate surface area is 340 Å². The number of benzene rings is 2. The van der Waals surface area contributed by atoms with Crippen molar-refractivity contribution < 1.29 is 45.8 Å². The van der Waals surface area contributed by atoms with Gasteiger partial charge in [0.2, 0.25) is 5.78 Å². The van der Waals surface area contributed by atoms with E-state index in [9.17, 15) is 36.6 Å². The van der Waals surface area contributed by atoms with E-state index in [1.807, 2.05) is 26.0 Å². The largest absolute Gasteiger partial charge is 0.453 e. The molecule has 4 aromatic rings. The fourth-order valence-electron chi connectivity index (χ4n) is 8.92. The fourth-order valence-corrected chi connectivity index (χ4v) is 11.8. The van der Waals surface area contributed by atoms with Crippen LogP contribution in [0.3, 0.4) is 0 Å². The van der Waals surface area contributed by atoms with Gasteiger partial charge in [-0.15, -0.1) is 11.3 Å². The normalized spacial score (nSPS) is 26.1. The van der Waals surface area contributed by atoms with Crippen LogP contribution in [0.1, 0.15) is 104 Å². The van der Waals surface area contributed by atoms with Crippen molar-refractivity contribution in [3.05, 3.63) is 111 Å². The molecule has 2 bridgehead atoms. The smallest absolute Gasteiger partial charge is 0.416 e. The number of allylic oxidation sites excluding steroid dienone is 2. The number of ketones is 1. The van der Waals surface area contributed by atoms with Gasteiger partial charge in [-0.3, -0.25) is 4.79 Å². The molecule has 2 N–H and O–H groups in total. The molecule has 0 radical (unpaired) electrons. The summed E-state index contributed by atoms with van der Waals surface area (Å²) in [6.07, 6.45) is 1.20. The molecule has 2 aromatic carbocycles. The van der Waals surface area contributed by atoms with Gasteiger partial charge in [-0.25, -0.2) is 8.42 Å². The van der Waals surface area contributed by atoms with Gasteiger partial charge in [0.15, 0.2) is 5.76 Å². The number of hydrogen-bond acceptors (Lipinski definition) is 8. The van der Waals surface area contributed by atoms with E-state index in [4.69, 9.17) is 20.8 Å². The molecular formula is C43H47ClF3NO7S2. The van der Waals surface area contributed by atoms with Crippen LogP contribution in [-0.4, -0.2) is 66.2 Å². The summed E-state index contributed by atoms with van der Waals surface area (Å²) in [7, 11) is -4.00. The maximum atomic E-state index is 14.6. The molecule has 306 valence electrons. The van der Waals surface area contributed by atoms with Gasteiger partial charge in [0.05, 0.1) is 28.4 Å². The highest BCUT2D eigenvalue weighted by Crippen LogP contribution is 2.59. The topological polar surface area (TPSA) is 117 Å². The average molecular weight is 846 g/mol. The van der Waals surface area contributed by atoms with E-state index in [0.717, 1.165) is 41.5 Å². The Bertz CT molecular complexity index is 2230. The molecule has 57 heavy (non-hydrogen) atoms. The molecule has 14 heteroatoms. The molecule has 0 spiro atoms. The predicted octanol–water partition coefficient (Wildman–Crippen LogP) is 9.82. The van der Waals surface area contributed by atoms with Crippen molar-refractivity contribution in [1.29, 1.82) is 0 Å². The van der Waals surface area contributed by atoms with Gasteiger partial charge in [-0.2, -0.15) is 17.5 Å². The van der Waals surface area contributed by atoms with E-state index in [0.29, 0.717) is 56.3 Å². The Morgan fingerprint density at radius 2 is 1.88 bits per heavy atom. The monoisotopic (exact) mass is 845 g/mol. The molecule has 8 rings (SSSR count). The number of carbonyl (C=O) groups is 1. The Morgan fingerprint density at radius 1 is 1.07 bits per heavy atom. The molecule has 3 aliphatic carbocycles. The SMILES string of the molecule is CC1=CCCC2(C)C(CCC2(O)CN(CC2CCCO2)S(=O)(=O)c2cccs2)c2ccc(cc2C(=O)c2ccc(-c3cc(C(F)(F)F)ccc3Cl)o2)CC(O)CC1. The average Bonchev–Trinajstić information content (AvgIpc) is 4.00. The van der Waals surface area contributed by atoms with E-state index in [2.05, 4.69) is 6.08 Å². The van der Waals surface area contributed by atoms with E-state index in [1.165, 1.54) is 16.4 Å². The predicted molar refractivity (Wildman–Crippen MR) is 213 cm³/mol. The van der Waals surface area contributed by atoms with Gasteiger partial charge in [0.25, 0.3) is 10.0 Å². The molecule has 5 unspecified atom stereocenters. The summed E-state index contributed by atoms with van der Waals surface area (Å²) in [6.45, 7) is 4.47. The van der Waals surface area contributed by atoms with Crippen LogP contribution in [0.25, 0.3) is 11.3 Å². The summed E-state index contributed by atoms with van der Waals surface area (Å²) in [4.78, 5) is 14.6. The summed E-state index contributed by atoms with van der Waals surface area (Å²) < 4.78 is 82.7. The number of thiophene rings is 1. The molecule has 2 fully saturated rings. The number of furan rings is 1. The van der Waals surface area contributed by atoms with E-state index in [1.54, 1.807) is 23.6 Å². The standard InChI is InChI=1S/C43H47ClF3NO7S2/c1-27-6-3-18-41(2)35(17-19-42(41,51)26-48(25-31-7-4-20-54-31)57(52,53)39-8-5-21-56-39)32-13-10-28(22-30(49)12-9-27)23-33(32)40(50)38-16-15-37(55-38)34-24-29(43(45,46)47)11-14-36(34)44/h5-6,8,10-11,13-16,21,23-24,30-31,35,49,51H,3-4,7,9,12,17-20,22,25-26H2,1-2H3. The number of aliphatic hydroxyl groups is 2. The van der Waals surface area contributed by atoms with Crippen molar-refractivity contribution in [3.63, 3.8) is 0 Å². The Balaban J connectivity index is 1.30. The molecule has 1 aliphatic heterocycles. The lowest BCUT2D eigenvalue weighted by Crippen LogP contribution is -2.54. The molecule has 0 amide bonds. The number of halogens is 4. The third-order valence-corrected chi connectivity index (χ3v) is 15.8. The quantitative estimate of drug-likeness (QED) is 0.127. The lowest BCUT2D eigenvalue weighted by molar-refractivity contribution is -0.137. The summed E-state index contributed by atoms with van der Waals surface area (Å²) in [5.41, 5.74) is -0.662. The van der Waals surface area contributed by atoms with Gasteiger partial charge < -0.3 is 19.4 Å². The molecule has 1 saturated heterocycles. The van der Waals surface area contributed by atoms with Crippen molar-refractivity contribution in [1.82, 2.24) is 4.31 Å². The molecule has 3 heterocycles. The zero-order valence-corrected chi connectivity index (χ0v) is 34.2. The Kier molecular flexibility index (Phi) is 12.0. The van der Waals surface area contributed by atoms with E-state index >= 15 is 0 Å². The number of sulfonamides is 1. The van der Waals surface area contributed by atoms with Crippen molar-refractivity contribution in [2.75, 3.05) is 19.7 Å². The molecule has 1 saturated carbocycles. The molecule has 5 atom stereocenters. The zero-order valence-electron chi connectivity index (χ0n) is 31.9. The van der Waals surface area contributed by atoms with Gasteiger partial charge in [-0.05, 0) is 130 Å². The third-order valence-electron chi connectivity index (χ3n) is 12.3. The minimum absolute atomic E-state index is 0.00904. The Hall–Kier alpha value is -3.30. The van der Waals surface area contributed by atoms with Crippen LogP contribution in [0.5, 0.6) is 0 Å². The highest BCUT2D eigenvalue weighted by molar-refractivity contribution is 7.91. The summed E-state index contributed by atoms with van der Waals surface area (Å²) in [6, 6.07) is 14.4. The van der Waals surface area contributed by atoms with Gasteiger partial charge >= 0.3 is 6.18 Å². The number of carbonyl (C=O) groups excluding carboxylic acids is 1. The first-order valence-electron chi connectivity index (χ1n) is 19.3. The minimum Gasteiger partial charge on any atom is -0.453 e. The van der Waals surface area contributed by atoms with Crippen molar-refractivity contribution in [3.8, 4) is 11.3 Å². The van der Waals surface area contributed by atoms with Crippen LogP contribution in [0.2, 0.25) is 5.02 Å². The number of rotatable bonds is 9. The number of hydrogen-bond donors (Lipinski definition) is 2. The maximum absolute atomic E-state index is 14.6. The van der Waals surface area contributed by atoms with Crippen LogP contribution in [0.4, 0.5) is 13.2 Å². The summed E-state index contributed by atoms with van der Waals surface area (Å²) in [5, 5.41) is 25.7. The summed E-state index contributed by atoms with van der Waals surface area (Å²) >= 11 is 7.45. The van der Waals surface area contributed by atoms with Gasteiger partial charge in [0, 0.05) is 36.2 Å². The number of aliphatic hydroxyl groups excluding tert-OH is 1. The second-order valence-corrected chi connectivity index (χ2v) is 19.5. The highest BCUT2D eigenvalue weighted by Gasteiger charge is 2.58. The fraction of sp³-hybridized carbons (Fsp3) is 0.465. The number of fused-ring (bicyclic) bond motifs is 8. The molecule has 4 aliphatic rings. The third kappa shape index (κ3) is 8.57. The number of alkyl halides is 3. The zero-order chi connectivity index (χ0) is 40.8. The molecular weight excluding hydrogens is 799 g/mol. The van der Waals surface area contributed by atoms with Crippen molar-refractivity contribution >= 4 is 38.7 Å². The minimum atomic E-state index is -4.62. The number of ether oxygens (including phenoxy) is 1. The van der Waals surface area contributed by atoms with Crippen LogP contribution in [0.15, 0.2) is 86.3 Å². The number of nitrogens with zero attached hydrogens (tertiary/aromatic N) is 1. The molecule has 8 nitrogen and oxygen atoms in total. The molecule has 2 aromatic heterocycles. The van der Waals surface area contributed by atoms with Crippen molar-refractivity contribution in [2.45, 2.75) is 106 Å². The van der Waals surface area contributed by atoms with Crippen LogP contribution < -0.4 is 0 Å². The first-order chi connectivity index (χ1) is 27.0. The summed E-state index contributed by atoms with van der Waals surface area (Å²) in [5.74, 6) is -1.06. The van der Waals surface area contributed by atoms with Crippen molar-refractivity contribution in [2.24, 2.45) is 5.41 Å². The first-order valence-corrected chi connectivity index (χ1v) is 22.0. The van der Waals surface area contributed by atoms with Gasteiger partial charge in [0.1, 0.15) is 9.97 Å². The van der Waals surface area contributed by atoms with Crippen LogP contribution >= 0.6 is 22.9 Å². The van der Waals surface area contributed by atoms with Crippen LogP contribution in [0, 0.1) is 5.41 Å². The highest BCUT2D eigenvalue weighted by atomic mass is 35.5. The van der Waals surface area contributed by atoms with Gasteiger partial charge in [-0.1, -0.05) is 48.4 Å². The van der Waals surface area contributed by atoms with E-state index < -0.39 is 50.6 Å². The first kappa shape index (κ1) is 41.8. The van der Waals surface area contributed by atoms with Crippen LogP contribution in [-0.2, 0) is 27.4 Å².